The van der Waals surface area contributed by atoms with Crippen molar-refractivity contribution in [2.45, 2.75) is 33.6 Å². The monoisotopic (exact) mass is 286 g/mol. The predicted octanol–water partition coefficient (Wildman–Crippen LogP) is 1.63. The number of hydrogen-bond acceptors (Lipinski definition) is 6. The Morgan fingerprint density at radius 2 is 1.25 bits per heavy atom. The van der Waals surface area contributed by atoms with Crippen LogP contribution in [0, 0.1) is 5.41 Å². The minimum absolute atomic E-state index is 0.0106. The van der Waals surface area contributed by atoms with Crippen molar-refractivity contribution in [2.75, 3.05) is 19.8 Å². The number of carbonyl (C=O) groups is 3. The molecule has 0 unspecified atom stereocenters. The fraction of sp³-hybridized carbons (Fsp3) is 0.643. The van der Waals surface area contributed by atoms with Gasteiger partial charge in [-0.1, -0.05) is 6.08 Å². The number of allylic oxidation sites excluding steroid dienone is 1. The number of ether oxygens (including phenoxy) is 3. The van der Waals surface area contributed by atoms with Gasteiger partial charge in [-0.3, -0.25) is 14.4 Å². The third kappa shape index (κ3) is 8.29. The third-order valence-corrected chi connectivity index (χ3v) is 2.62. The van der Waals surface area contributed by atoms with E-state index in [0.29, 0.717) is 12.8 Å². The van der Waals surface area contributed by atoms with Crippen molar-refractivity contribution in [3.63, 3.8) is 0 Å². The van der Waals surface area contributed by atoms with E-state index in [1.807, 2.05) is 0 Å². The van der Waals surface area contributed by atoms with Crippen molar-refractivity contribution in [2.24, 2.45) is 5.41 Å². The number of hydrogen-bond donors (Lipinski definition) is 0. The van der Waals surface area contributed by atoms with Crippen LogP contribution in [0.1, 0.15) is 33.6 Å². The molecular weight excluding hydrogens is 264 g/mol. The largest absolute Gasteiger partial charge is 0.465 e. The Kier molecular flexibility index (Phi) is 8.27. The Morgan fingerprint density at radius 1 is 0.900 bits per heavy atom. The summed E-state index contributed by atoms with van der Waals surface area (Å²) in [5, 5.41) is 0. The molecular formula is C14H22O6. The van der Waals surface area contributed by atoms with E-state index >= 15 is 0 Å². The second-order valence-electron chi connectivity index (χ2n) is 4.67. The summed E-state index contributed by atoms with van der Waals surface area (Å²) in [4.78, 5) is 32.9. The number of esters is 3. The van der Waals surface area contributed by atoms with E-state index in [1.54, 1.807) is 6.08 Å². The molecule has 0 amide bonds. The quantitative estimate of drug-likeness (QED) is 0.364. The van der Waals surface area contributed by atoms with E-state index in [1.165, 1.54) is 20.8 Å². The molecule has 0 aliphatic heterocycles. The molecule has 0 aromatic rings. The van der Waals surface area contributed by atoms with Crippen LogP contribution in [-0.2, 0) is 28.6 Å². The lowest BCUT2D eigenvalue weighted by Gasteiger charge is -2.31. The van der Waals surface area contributed by atoms with Crippen LogP contribution >= 0.6 is 0 Å². The molecule has 0 rings (SSSR count). The van der Waals surface area contributed by atoms with Crippen molar-refractivity contribution in [1.29, 1.82) is 0 Å². The molecule has 0 heterocycles. The standard InChI is InChI=1S/C14H22O6/c1-5-6-7-14(8-18-11(2)15,9-19-12(3)16)10-20-13(4)17/h5H,1,6-10H2,2-4H3. The first-order valence-electron chi connectivity index (χ1n) is 6.32. The highest BCUT2D eigenvalue weighted by Gasteiger charge is 2.34. The second-order valence-corrected chi connectivity index (χ2v) is 4.67. The summed E-state index contributed by atoms with van der Waals surface area (Å²) in [6.45, 7) is 7.52. The van der Waals surface area contributed by atoms with Crippen LogP contribution in [0.3, 0.4) is 0 Å². The van der Waals surface area contributed by atoms with Crippen molar-refractivity contribution >= 4 is 17.9 Å². The molecule has 0 aromatic carbocycles. The zero-order valence-corrected chi connectivity index (χ0v) is 12.3. The van der Waals surface area contributed by atoms with Gasteiger partial charge in [0.1, 0.15) is 19.8 Å². The Balaban J connectivity index is 4.91. The predicted molar refractivity (Wildman–Crippen MR) is 71.8 cm³/mol. The summed E-state index contributed by atoms with van der Waals surface area (Å²) < 4.78 is 15.0. The molecule has 0 bridgehead atoms. The SMILES string of the molecule is C=CCCC(COC(C)=O)(COC(C)=O)COC(C)=O. The summed E-state index contributed by atoms with van der Waals surface area (Å²) >= 11 is 0. The molecule has 0 atom stereocenters. The van der Waals surface area contributed by atoms with E-state index in [2.05, 4.69) is 6.58 Å². The molecule has 0 aliphatic carbocycles. The lowest BCUT2D eigenvalue weighted by atomic mass is 9.85. The highest BCUT2D eigenvalue weighted by atomic mass is 16.6. The lowest BCUT2D eigenvalue weighted by molar-refractivity contribution is -0.159. The Morgan fingerprint density at radius 3 is 1.50 bits per heavy atom. The van der Waals surface area contributed by atoms with Crippen LogP contribution in [0.5, 0.6) is 0 Å². The molecule has 114 valence electrons. The van der Waals surface area contributed by atoms with Crippen LogP contribution in [0.4, 0.5) is 0 Å². The van der Waals surface area contributed by atoms with E-state index in [4.69, 9.17) is 14.2 Å². The maximum Gasteiger partial charge on any atom is 0.302 e. The summed E-state index contributed by atoms with van der Waals surface area (Å²) in [5.41, 5.74) is -0.753. The lowest BCUT2D eigenvalue weighted by Crippen LogP contribution is -2.39. The summed E-state index contributed by atoms with van der Waals surface area (Å²) in [6.07, 6.45) is 2.83. The van der Waals surface area contributed by atoms with E-state index < -0.39 is 23.3 Å². The van der Waals surface area contributed by atoms with E-state index in [0.717, 1.165) is 0 Å². The van der Waals surface area contributed by atoms with Crippen molar-refractivity contribution in [1.82, 2.24) is 0 Å². The summed E-state index contributed by atoms with van der Waals surface area (Å²) in [5.74, 6) is -1.34. The molecule has 0 fully saturated rings. The van der Waals surface area contributed by atoms with Gasteiger partial charge in [-0.05, 0) is 12.8 Å². The fourth-order valence-electron chi connectivity index (χ4n) is 1.51. The Hall–Kier alpha value is -1.85. The fourth-order valence-corrected chi connectivity index (χ4v) is 1.51. The zero-order chi connectivity index (χ0) is 15.6. The van der Waals surface area contributed by atoms with Gasteiger partial charge in [0.25, 0.3) is 0 Å². The third-order valence-electron chi connectivity index (χ3n) is 2.62. The molecule has 0 aliphatic rings. The van der Waals surface area contributed by atoms with Crippen LogP contribution in [0.25, 0.3) is 0 Å². The van der Waals surface area contributed by atoms with Crippen molar-refractivity contribution in [3.05, 3.63) is 12.7 Å². The summed E-state index contributed by atoms with van der Waals surface area (Å²) in [7, 11) is 0. The van der Waals surface area contributed by atoms with Gasteiger partial charge in [0.15, 0.2) is 0 Å². The van der Waals surface area contributed by atoms with Gasteiger partial charge in [-0.25, -0.2) is 0 Å². The molecule has 0 spiro atoms. The highest BCUT2D eigenvalue weighted by molar-refractivity contribution is 5.67. The Labute approximate surface area is 119 Å². The molecule has 0 saturated carbocycles. The molecule has 0 N–H and O–H groups in total. The summed E-state index contributed by atoms with van der Waals surface area (Å²) in [6, 6.07) is 0. The maximum absolute atomic E-state index is 11.0. The average Bonchev–Trinajstić information content (AvgIpc) is 2.36. The molecule has 0 radical (unpaired) electrons. The van der Waals surface area contributed by atoms with Gasteiger partial charge in [0.05, 0.1) is 5.41 Å². The average molecular weight is 286 g/mol. The van der Waals surface area contributed by atoms with Gasteiger partial charge in [-0.15, -0.1) is 6.58 Å². The van der Waals surface area contributed by atoms with Crippen LogP contribution in [-0.4, -0.2) is 37.7 Å². The molecule has 6 heteroatoms. The smallest absolute Gasteiger partial charge is 0.302 e. The van der Waals surface area contributed by atoms with E-state index in [9.17, 15) is 14.4 Å². The minimum Gasteiger partial charge on any atom is -0.465 e. The molecule has 6 nitrogen and oxygen atoms in total. The number of rotatable bonds is 9. The molecule has 0 saturated heterocycles. The van der Waals surface area contributed by atoms with Crippen LogP contribution in [0.15, 0.2) is 12.7 Å². The van der Waals surface area contributed by atoms with Gasteiger partial charge in [0.2, 0.25) is 0 Å². The van der Waals surface area contributed by atoms with E-state index in [-0.39, 0.29) is 19.8 Å². The topological polar surface area (TPSA) is 78.9 Å². The zero-order valence-electron chi connectivity index (χ0n) is 12.3. The molecule has 20 heavy (non-hydrogen) atoms. The Bertz CT molecular complexity index is 315. The first-order chi connectivity index (χ1) is 9.31. The van der Waals surface area contributed by atoms with Crippen LogP contribution in [0.2, 0.25) is 0 Å². The number of carbonyl (C=O) groups excluding carboxylic acids is 3. The van der Waals surface area contributed by atoms with Gasteiger partial charge >= 0.3 is 17.9 Å². The minimum atomic E-state index is -0.753. The van der Waals surface area contributed by atoms with Crippen LogP contribution < -0.4 is 0 Å². The van der Waals surface area contributed by atoms with Gasteiger partial charge in [0, 0.05) is 20.8 Å². The van der Waals surface area contributed by atoms with Gasteiger partial charge in [-0.2, -0.15) is 0 Å². The molecule has 0 aromatic heterocycles. The highest BCUT2D eigenvalue weighted by Crippen LogP contribution is 2.26. The normalized spacial score (nSPS) is 10.6. The van der Waals surface area contributed by atoms with Gasteiger partial charge < -0.3 is 14.2 Å². The maximum atomic E-state index is 11.0. The second kappa shape index (κ2) is 9.12. The first-order valence-corrected chi connectivity index (χ1v) is 6.32. The first kappa shape index (κ1) is 18.1. The van der Waals surface area contributed by atoms with Crippen molar-refractivity contribution in [3.8, 4) is 0 Å². The van der Waals surface area contributed by atoms with Crippen molar-refractivity contribution < 1.29 is 28.6 Å².